The Balaban J connectivity index is 1.58. The second-order valence-electron chi connectivity index (χ2n) is 8.78. The summed E-state index contributed by atoms with van der Waals surface area (Å²) >= 11 is 0. The molecule has 2 saturated heterocycles. The first kappa shape index (κ1) is 23.4. The minimum Gasteiger partial charge on any atom is -0.342 e. The maximum atomic E-state index is 13.7. The number of carbonyl (C=O) groups excluding carboxylic acids is 2. The Hall–Kier alpha value is -2.71. The van der Waals surface area contributed by atoms with E-state index < -0.39 is 21.9 Å². The summed E-state index contributed by atoms with van der Waals surface area (Å²) in [4.78, 5) is 30.7. The van der Waals surface area contributed by atoms with Gasteiger partial charge in [-0.25, -0.2) is 8.42 Å². The molecule has 0 bridgehead atoms. The topological polar surface area (TPSA) is 86.8 Å². The number of carbonyl (C=O) groups is 2. The maximum Gasteiger partial charge on any atom is 0.245 e. The van der Waals surface area contributed by atoms with Crippen molar-refractivity contribution in [3.05, 3.63) is 71.8 Å². The fraction of sp³-hybridized carbons (Fsp3) is 0.440. The average molecular weight is 470 g/mol. The normalized spacial score (nSPS) is 20.2. The first-order chi connectivity index (χ1) is 15.9. The van der Waals surface area contributed by atoms with Crippen LogP contribution in [-0.4, -0.2) is 73.8 Å². The number of sulfone groups is 1. The minimum absolute atomic E-state index is 0.0315. The van der Waals surface area contributed by atoms with Crippen molar-refractivity contribution in [3.8, 4) is 0 Å². The third kappa shape index (κ3) is 6.00. The van der Waals surface area contributed by atoms with Crippen molar-refractivity contribution in [1.82, 2.24) is 15.1 Å². The van der Waals surface area contributed by atoms with Crippen LogP contribution in [-0.2, 0) is 25.8 Å². The molecule has 2 aliphatic rings. The molecule has 2 atom stereocenters. The maximum absolute atomic E-state index is 13.7. The van der Waals surface area contributed by atoms with E-state index in [-0.39, 0.29) is 23.3 Å². The van der Waals surface area contributed by atoms with Gasteiger partial charge in [0, 0.05) is 32.6 Å². The zero-order chi connectivity index (χ0) is 23.3. The molecule has 2 aliphatic heterocycles. The molecule has 7 nitrogen and oxygen atoms in total. The highest BCUT2D eigenvalue weighted by Crippen LogP contribution is 2.24. The average Bonchev–Trinajstić information content (AvgIpc) is 3.36. The van der Waals surface area contributed by atoms with Crippen LogP contribution < -0.4 is 5.32 Å². The molecule has 2 amide bonds. The predicted octanol–water partition coefficient (Wildman–Crippen LogP) is 1.81. The predicted molar refractivity (Wildman–Crippen MR) is 127 cm³/mol. The highest BCUT2D eigenvalue weighted by Gasteiger charge is 2.35. The largest absolute Gasteiger partial charge is 0.342 e. The van der Waals surface area contributed by atoms with Gasteiger partial charge >= 0.3 is 0 Å². The van der Waals surface area contributed by atoms with Gasteiger partial charge in [-0.1, -0.05) is 60.7 Å². The lowest BCUT2D eigenvalue weighted by Crippen LogP contribution is -2.53. The molecule has 0 spiro atoms. The molecular formula is C25H31N3O4S. The molecule has 2 fully saturated rings. The second kappa shape index (κ2) is 10.5. The number of rotatable bonds is 7. The number of hydrogen-bond acceptors (Lipinski definition) is 5. The van der Waals surface area contributed by atoms with E-state index in [4.69, 9.17) is 0 Å². The summed E-state index contributed by atoms with van der Waals surface area (Å²) in [5, 5.41) is 3.04. The molecule has 8 heteroatoms. The summed E-state index contributed by atoms with van der Waals surface area (Å²) in [7, 11) is -3.08. The Kier molecular flexibility index (Phi) is 7.45. The molecule has 33 heavy (non-hydrogen) atoms. The molecule has 2 aromatic carbocycles. The second-order valence-corrected chi connectivity index (χ2v) is 11.1. The highest BCUT2D eigenvalue weighted by atomic mass is 32.2. The third-order valence-corrected chi connectivity index (χ3v) is 8.03. The van der Waals surface area contributed by atoms with Crippen molar-refractivity contribution < 1.29 is 18.0 Å². The van der Waals surface area contributed by atoms with E-state index in [1.165, 1.54) is 0 Å². The van der Waals surface area contributed by atoms with E-state index in [9.17, 15) is 18.0 Å². The standard InChI is InChI=1S/C25H31N3O4S/c29-24(23(21-11-5-2-6-12-21)27-15-17-33(31,32)18-16-27)26-22(19-20-9-3-1-4-10-20)25(30)28-13-7-8-14-28/h1-6,9-12,22-23H,7-8,13-19H2,(H,26,29). The fourth-order valence-corrected chi connectivity index (χ4v) is 5.84. The highest BCUT2D eigenvalue weighted by molar-refractivity contribution is 7.91. The van der Waals surface area contributed by atoms with Gasteiger partial charge in [-0.05, 0) is 24.0 Å². The number of amides is 2. The number of nitrogens with one attached hydrogen (secondary N) is 1. The van der Waals surface area contributed by atoms with Gasteiger partial charge in [0.05, 0.1) is 11.5 Å². The Morgan fingerprint density at radius 3 is 2.03 bits per heavy atom. The molecular weight excluding hydrogens is 438 g/mol. The summed E-state index contributed by atoms with van der Waals surface area (Å²) in [6.45, 7) is 2.01. The van der Waals surface area contributed by atoms with Gasteiger partial charge < -0.3 is 10.2 Å². The minimum atomic E-state index is -3.08. The van der Waals surface area contributed by atoms with Gasteiger partial charge in [0.2, 0.25) is 11.8 Å². The lowest BCUT2D eigenvalue weighted by molar-refractivity contribution is -0.137. The van der Waals surface area contributed by atoms with Gasteiger partial charge in [-0.2, -0.15) is 0 Å². The van der Waals surface area contributed by atoms with Crippen LogP contribution in [0.5, 0.6) is 0 Å². The van der Waals surface area contributed by atoms with Crippen LogP contribution in [0, 0.1) is 0 Å². The molecule has 4 rings (SSSR count). The van der Waals surface area contributed by atoms with Gasteiger partial charge in [0.25, 0.3) is 0 Å². The van der Waals surface area contributed by atoms with Crippen LogP contribution in [0.15, 0.2) is 60.7 Å². The summed E-state index contributed by atoms with van der Waals surface area (Å²) in [5.74, 6) is -0.264. The third-order valence-electron chi connectivity index (χ3n) is 6.42. The van der Waals surface area contributed by atoms with E-state index in [0.29, 0.717) is 32.6 Å². The number of likely N-dealkylation sites (tertiary alicyclic amines) is 1. The zero-order valence-electron chi connectivity index (χ0n) is 18.7. The van der Waals surface area contributed by atoms with Crippen molar-refractivity contribution in [2.75, 3.05) is 37.7 Å². The summed E-state index contributed by atoms with van der Waals surface area (Å²) < 4.78 is 23.9. The summed E-state index contributed by atoms with van der Waals surface area (Å²) in [5.41, 5.74) is 1.78. The first-order valence-electron chi connectivity index (χ1n) is 11.6. The Morgan fingerprint density at radius 2 is 1.42 bits per heavy atom. The monoisotopic (exact) mass is 469 g/mol. The van der Waals surface area contributed by atoms with E-state index in [1.807, 2.05) is 70.5 Å². The van der Waals surface area contributed by atoms with Gasteiger partial charge in [-0.15, -0.1) is 0 Å². The number of nitrogens with zero attached hydrogens (tertiary/aromatic N) is 2. The lowest BCUT2D eigenvalue weighted by atomic mass is 10.0. The zero-order valence-corrected chi connectivity index (χ0v) is 19.5. The van der Waals surface area contributed by atoms with Crippen molar-refractivity contribution in [2.24, 2.45) is 0 Å². The molecule has 0 saturated carbocycles. The molecule has 2 heterocycles. The van der Waals surface area contributed by atoms with Crippen LogP contribution in [0.3, 0.4) is 0 Å². The van der Waals surface area contributed by atoms with Crippen molar-refractivity contribution in [3.63, 3.8) is 0 Å². The first-order valence-corrected chi connectivity index (χ1v) is 13.4. The molecule has 2 aromatic rings. The van der Waals surface area contributed by atoms with Crippen LogP contribution in [0.1, 0.15) is 30.0 Å². The molecule has 0 aliphatic carbocycles. The number of benzene rings is 2. The van der Waals surface area contributed by atoms with Crippen LogP contribution in [0.2, 0.25) is 0 Å². The smallest absolute Gasteiger partial charge is 0.245 e. The number of hydrogen-bond donors (Lipinski definition) is 1. The molecule has 1 N–H and O–H groups in total. The molecule has 0 aromatic heterocycles. The van der Waals surface area contributed by atoms with E-state index >= 15 is 0 Å². The van der Waals surface area contributed by atoms with Crippen LogP contribution in [0.4, 0.5) is 0 Å². The molecule has 0 radical (unpaired) electrons. The van der Waals surface area contributed by atoms with Crippen LogP contribution in [0.25, 0.3) is 0 Å². The van der Waals surface area contributed by atoms with Gasteiger partial charge in [-0.3, -0.25) is 14.5 Å². The van der Waals surface area contributed by atoms with Crippen LogP contribution >= 0.6 is 0 Å². The lowest BCUT2D eigenvalue weighted by Gasteiger charge is -2.35. The van der Waals surface area contributed by atoms with Crippen molar-refractivity contribution in [1.29, 1.82) is 0 Å². The van der Waals surface area contributed by atoms with E-state index in [0.717, 1.165) is 24.0 Å². The SMILES string of the molecule is O=C(NC(Cc1ccccc1)C(=O)N1CCCC1)C(c1ccccc1)N1CCS(=O)(=O)CC1. The van der Waals surface area contributed by atoms with E-state index in [1.54, 1.807) is 0 Å². The Bertz CT molecular complexity index is 1040. The van der Waals surface area contributed by atoms with Gasteiger partial charge in [0.1, 0.15) is 12.1 Å². The van der Waals surface area contributed by atoms with Crippen molar-refractivity contribution in [2.45, 2.75) is 31.3 Å². The van der Waals surface area contributed by atoms with Gasteiger partial charge in [0.15, 0.2) is 9.84 Å². The fourth-order valence-electron chi connectivity index (χ4n) is 4.61. The Morgan fingerprint density at radius 1 is 0.848 bits per heavy atom. The van der Waals surface area contributed by atoms with Crippen molar-refractivity contribution >= 4 is 21.7 Å². The van der Waals surface area contributed by atoms with E-state index in [2.05, 4.69) is 5.32 Å². The summed E-state index contributed by atoms with van der Waals surface area (Å²) in [6.07, 6.45) is 2.37. The Labute approximate surface area is 195 Å². The summed E-state index contributed by atoms with van der Waals surface area (Å²) in [6, 6.07) is 17.8. The molecule has 176 valence electrons. The molecule has 2 unspecified atom stereocenters. The quantitative estimate of drug-likeness (QED) is 0.668.